The molecule has 0 atom stereocenters. The number of ether oxygens (including phenoxy) is 1. The van der Waals surface area contributed by atoms with E-state index in [1.807, 2.05) is 19.1 Å². The number of nitrogens with zero attached hydrogens (tertiary/aromatic N) is 2. The average molecular weight is 624 g/mol. The third kappa shape index (κ3) is 7.29. The Balaban J connectivity index is 1.85. The molecular formula is C24H21N3O11S3. The van der Waals surface area contributed by atoms with Gasteiger partial charge in [-0.05, 0) is 54.8 Å². The lowest BCUT2D eigenvalue weighted by molar-refractivity contribution is -0.432. The van der Waals surface area contributed by atoms with Crippen molar-refractivity contribution < 1.29 is 50.4 Å². The van der Waals surface area contributed by atoms with Crippen molar-refractivity contribution in [3.05, 3.63) is 72.3 Å². The quantitative estimate of drug-likeness (QED) is 0.0342. The largest absolute Gasteiger partial charge is 0.505 e. The third-order valence-electron chi connectivity index (χ3n) is 5.50. The van der Waals surface area contributed by atoms with Crippen molar-refractivity contribution in [3.8, 4) is 11.5 Å². The zero-order chi connectivity index (χ0) is 29.8. The number of benzene rings is 4. The SMILES string of the molecule is Cc1ccc(OCNc2cc(S(=O)(=O)O)cc3cc(SOOO)c(N=Nc4ccccc4S(=O)(=O)O)c(O)c23)cc1. The van der Waals surface area contributed by atoms with Gasteiger partial charge in [0.1, 0.15) is 22.0 Å². The number of anilines is 1. The van der Waals surface area contributed by atoms with Crippen molar-refractivity contribution in [2.45, 2.75) is 21.6 Å². The van der Waals surface area contributed by atoms with Crippen molar-refractivity contribution >= 4 is 60.1 Å². The van der Waals surface area contributed by atoms with E-state index in [-0.39, 0.29) is 39.5 Å². The number of hydrogen-bond donors (Lipinski definition) is 5. The van der Waals surface area contributed by atoms with E-state index in [0.29, 0.717) is 17.8 Å². The van der Waals surface area contributed by atoms with Crippen molar-refractivity contribution in [2.24, 2.45) is 10.2 Å². The van der Waals surface area contributed by atoms with Crippen LogP contribution in [0.2, 0.25) is 0 Å². The van der Waals surface area contributed by atoms with Gasteiger partial charge in [0.15, 0.2) is 12.5 Å². The standard InChI is InChI=1S/C24H21N3O11S3/c1-14-6-8-16(9-7-14)36-13-25-19-12-17(40(30,31)32)10-15-11-20(39-38-37-29)23(24(28)22(15)19)27-26-18-4-2-3-5-21(18)41(33,34)35/h2-12,25,28-29H,13H2,1H3,(H,30,31,32)(H,33,34,35). The van der Waals surface area contributed by atoms with Gasteiger partial charge in [-0.3, -0.25) is 9.11 Å². The summed E-state index contributed by atoms with van der Waals surface area (Å²) in [7, 11) is -9.38. The second kappa shape index (κ2) is 12.4. The number of nitrogens with one attached hydrogen (secondary N) is 1. The minimum Gasteiger partial charge on any atom is -0.505 e. The maximum absolute atomic E-state index is 12.0. The number of aryl methyl sites for hydroxylation is 1. The Hall–Kier alpha value is -3.81. The molecule has 5 N–H and O–H groups in total. The van der Waals surface area contributed by atoms with Crippen molar-refractivity contribution in [1.29, 1.82) is 0 Å². The van der Waals surface area contributed by atoms with Crippen LogP contribution in [0.5, 0.6) is 11.5 Å². The van der Waals surface area contributed by atoms with E-state index in [9.17, 15) is 31.0 Å². The predicted octanol–water partition coefficient (Wildman–Crippen LogP) is 5.64. The fourth-order valence-electron chi connectivity index (χ4n) is 3.65. The summed E-state index contributed by atoms with van der Waals surface area (Å²) in [6.07, 6.45) is 0. The van der Waals surface area contributed by atoms with Crippen LogP contribution in [0.4, 0.5) is 17.1 Å². The zero-order valence-corrected chi connectivity index (χ0v) is 23.3. The first-order valence-electron chi connectivity index (χ1n) is 11.3. The first-order chi connectivity index (χ1) is 19.4. The van der Waals surface area contributed by atoms with Crippen molar-refractivity contribution in [3.63, 3.8) is 0 Å². The Morgan fingerprint density at radius 2 is 1.63 bits per heavy atom. The lowest BCUT2D eigenvalue weighted by Gasteiger charge is -2.16. The van der Waals surface area contributed by atoms with Gasteiger partial charge in [-0.15, -0.1) is 14.6 Å². The van der Waals surface area contributed by atoms with Gasteiger partial charge in [-0.2, -0.15) is 16.8 Å². The topological polar surface area (TPSA) is 214 Å². The van der Waals surface area contributed by atoms with Gasteiger partial charge in [-0.1, -0.05) is 34.9 Å². The molecule has 0 aliphatic rings. The molecule has 0 saturated heterocycles. The second-order valence-corrected chi connectivity index (χ2v) is 11.8. The molecule has 216 valence electrons. The maximum Gasteiger partial charge on any atom is 0.296 e. The molecule has 14 nitrogen and oxygen atoms in total. The maximum atomic E-state index is 12.0. The first kappa shape index (κ1) is 30.2. The van der Waals surface area contributed by atoms with Gasteiger partial charge in [-0.25, -0.2) is 5.26 Å². The predicted molar refractivity (Wildman–Crippen MR) is 147 cm³/mol. The Kier molecular flexibility index (Phi) is 9.10. The summed E-state index contributed by atoms with van der Waals surface area (Å²) in [6.45, 7) is 1.71. The van der Waals surface area contributed by atoms with Crippen LogP contribution >= 0.6 is 12.0 Å². The highest BCUT2D eigenvalue weighted by molar-refractivity contribution is 7.94. The van der Waals surface area contributed by atoms with Crippen molar-refractivity contribution in [1.82, 2.24) is 0 Å². The highest BCUT2D eigenvalue weighted by atomic mass is 32.2. The number of fused-ring (bicyclic) bond motifs is 1. The van der Waals surface area contributed by atoms with E-state index >= 15 is 0 Å². The summed E-state index contributed by atoms with van der Waals surface area (Å²) in [5.41, 5.74) is 0.431. The molecule has 17 heteroatoms. The number of hydrogen-bond acceptors (Lipinski definition) is 13. The monoisotopic (exact) mass is 623 g/mol. The van der Waals surface area contributed by atoms with Gasteiger partial charge in [0, 0.05) is 11.1 Å². The summed E-state index contributed by atoms with van der Waals surface area (Å²) in [6, 6.07) is 15.6. The summed E-state index contributed by atoms with van der Waals surface area (Å²) in [4.78, 5) is -1.15. The molecule has 4 rings (SSSR count). The van der Waals surface area contributed by atoms with Crippen molar-refractivity contribution in [2.75, 3.05) is 12.0 Å². The molecule has 4 aromatic rings. The number of rotatable bonds is 11. The first-order valence-corrected chi connectivity index (χ1v) is 14.9. The smallest absolute Gasteiger partial charge is 0.296 e. The molecule has 0 saturated carbocycles. The molecular weight excluding hydrogens is 602 g/mol. The fourth-order valence-corrected chi connectivity index (χ4v) is 5.32. The van der Waals surface area contributed by atoms with E-state index < -0.39 is 35.8 Å². The average Bonchev–Trinajstić information content (AvgIpc) is 2.91. The molecule has 0 bridgehead atoms. The molecule has 0 amide bonds. The Labute approximate surface area is 237 Å². The summed E-state index contributed by atoms with van der Waals surface area (Å²) in [5, 5.41) is 34.2. The normalized spacial score (nSPS) is 12.2. The lowest BCUT2D eigenvalue weighted by atomic mass is 10.1. The molecule has 0 aromatic heterocycles. The van der Waals surface area contributed by atoms with E-state index in [1.165, 1.54) is 24.3 Å². The molecule has 41 heavy (non-hydrogen) atoms. The minimum atomic E-state index is -4.70. The molecule has 0 fully saturated rings. The third-order valence-corrected chi connectivity index (χ3v) is 7.85. The van der Waals surface area contributed by atoms with E-state index in [2.05, 4.69) is 24.9 Å². The Morgan fingerprint density at radius 1 is 0.927 bits per heavy atom. The second-order valence-electron chi connectivity index (χ2n) is 8.26. The Bertz CT molecular complexity index is 1830. The van der Waals surface area contributed by atoms with Gasteiger partial charge >= 0.3 is 0 Å². The van der Waals surface area contributed by atoms with Crippen LogP contribution in [-0.4, -0.2) is 43.0 Å². The molecule has 0 aliphatic carbocycles. The fraction of sp³-hybridized carbons (Fsp3) is 0.0833. The van der Waals surface area contributed by atoms with E-state index in [0.717, 1.165) is 23.8 Å². The van der Waals surface area contributed by atoms with Crippen LogP contribution in [0, 0.1) is 6.92 Å². The van der Waals surface area contributed by atoms with E-state index in [1.54, 1.807) is 12.1 Å². The van der Waals surface area contributed by atoms with Crippen LogP contribution < -0.4 is 10.1 Å². The highest BCUT2D eigenvalue weighted by Gasteiger charge is 2.22. The number of aromatic hydroxyl groups is 1. The van der Waals surface area contributed by atoms with Gasteiger partial charge in [0.25, 0.3) is 20.2 Å². The number of phenolic OH excluding ortho intramolecular Hbond substituents is 1. The van der Waals surface area contributed by atoms with Gasteiger partial charge in [0.05, 0.1) is 21.8 Å². The zero-order valence-electron chi connectivity index (χ0n) is 20.8. The minimum absolute atomic E-state index is 0.00500. The van der Waals surface area contributed by atoms with Crippen LogP contribution in [0.15, 0.2) is 91.6 Å². The van der Waals surface area contributed by atoms with Gasteiger partial charge < -0.3 is 15.2 Å². The molecule has 0 radical (unpaired) electrons. The number of phenols is 1. The summed E-state index contributed by atoms with van der Waals surface area (Å²) in [5.74, 6) is -0.0891. The molecule has 0 aliphatic heterocycles. The molecule has 0 spiro atoms. The number of azo groups is 1. The van der Waals surface area contributed by atoms with Crippen LogP contribution in [0.25, 0.3) is 10.8 Å². The van der Waals surface area contributed by atoms with E-state index in [4.69, 9.17) is 9.99 Å². The summed E-state index contributed by atoms with van der Waals surface area (Å²) < 4.78 is 76.8. The van der Waals surface area contributed by atoms with Crippen LogP contribution in [0.1, 0.15) is 5.56 Å². The highest BCUT2D eigenvalue weighted by Crippen LogP contribution is 2.47. The molecule has 0 unspecified atom stereocenters. The Morgan fingerprint density at radius 3 is 2.29 bits per heavy atom. The van der Waals surface area contributed by atoms with Crippen LogP contribution in [0.3, 0.4) is 0 Å². The van der Waals surface area contributed by atoms with Crippen LogP contribution in [-0.2, 0) is 29.6 Å². The summed E-state index contributed by atoms with van der Waals surface area (Å²) >= 11 is 0.346. The molecule has 4 aromatic carbocycles. The van der Waals surface area contributed by atoms with Gasteiger partial charge in [0.2, 0.25) is 0 Å². The molecule has 0 heterocycles. The lowest BCUT2D eigenvalue weighted by Crippen LogP contribution is -2.10.